The summed E-state index contributed by atoms with van der Waals surface area (Å²) >= 11 is 0. The Bertz CT molecular complexity index is 696. The van der Waals surface area contributed by atoms with Crippen LogP contribution in [0, 0.1) is 12.8 Å². The third-order valence-electron chi connectivity index (χ3n) is 4.08. The van der Waals surface area contributed by atoms with Gasteiger partial charge in [-0.05, 0) is 37.3 Å². The number of aromatic nitrogens is 2. The molecule has 6 heteroatoms. The fourth-order valence-corrected chi connectivity index (χ4v) is 2.88. The van der Waals surface area contributed by atoms with Gasteiger partial charge < -0.3 is 15.8 Å². The summed E-state index contributed by atoms with van der Waals surface area (Å²) in [6, 6.07) is 9.85. The number of aryl methyl sites for hydroxylation is 1. The van der Waals surface area contributed by atoms with E-state index in [1.54, 1.807) is 6.07 Å². The zero-order chi connectivity index (χ0) is 16.2. The molecule has 3 rings (SSSR count). The molecule has 0 unspecified atom stereocenters. The van der Waals surface area contributed by atoms with Gasteiger partial charge in [0, 0.05) is 12.6 Å². The van der Waals surface area contributed by atoms with E-state index in [-0.39, 0.29) is 12.5 Å². The molecule has 0 fully saturated rings. The highest BCUT2D eigenvalue weighted by Gasteiger charge is 2.18. The number of benzene rings is 1. The van der Waals surface area contributed by atoms with Crippen molar-refractivity contribution in [2.75, 3.05) is 18.9 Å². The molecular formula is C17H22N4O2. The number of para-hydroxylation sites is 1. The monoisotopic (exact) mass is 314 g/mol. The molecule has 1 amide bonds. The zero-order valence-electron chi connectivity index (χ0n) is 13.3. The van der Waals surface area contributed by atoms with Crippen molar-refractivity contribution < 1.29 is 9.53 Å². The van der Waals surface area contributed by atoms with E-state index < -0.39 is 0 Å². The Kier molecular flexibility index (Phi) is 4.50. The van der Waals surface area contributed by atoms with E-state index in [1.807, 2.05) is 25.1 Å². The van der Waals surface area contributed by atoms with Crippen LogP contribution >= 0.6 is 0 Å². The number of carbonyl (C=O) groups is 1. The highest BCUT2D eigenvalue weighted by atomic mass is 16.5. The van der Waals surface area contributed by atoms with Gasteiger partial charge in [0.1, 0.15) is 18.1 Å². The Morgan fingerprint density at radius 3 is 3.09 bits per heavy atom. The van der Waals surface area contributed by atoms with Crippen molar-refractivity contribution in [3.05, 3.63) is 41.6 Å². The smallest absolute Gasteiger partial charge is 0.241 e. The van der Waals surface area contributed by atoms with Crippen LogP contribution in [0.2, 0.25) is 0 Å². The van der Waals surface area contributed by atoms with Gasteiger partial charge in [-0.25, -0.2) is 4.68 Å². The minimum absolute atomic E-state index is 0.0711. The summed E-state index contributed by atoms with van der Waals surface area (Å²) in [6.45, 7) is 3.33. The van der Waals surface area contributed by atoms with Gasteiger partial charge >= 0.3 is 0 Å². The van der Waals surface area contributed by atoms with E-state index in [4.69, 9.17) is 10.5 Å². The van der Waals surface area contributed by atoms with Crippen LogP contribution in [-0.4, -0.2) is 28.8 Å². The van der Waals surface area contributed by atoms with Gasteiger partial charge in [0.2, 0.25) is 5.91 Å². The van der Waals surface area contributed by atoms with Gasteiger partial charge in [-0.15, -0.1) is 0 Å². The second-order valence-corrected chi connectivity index (χ2v) is 5.99. The SMILES string of the molecule is Cc1cc(N)n(CC(=O)NC[C@H]2CCOc3ccccc3C2)n1. The molecule has 0 saturated heterocycles. The Balaban J connectivity index is 1.54. The van der Waals surface area contributed by atoms with Crippen LogP contribution in [0.15, 0.2) is 30.3 Å². The van der Waals surface area contributed by atoms with Crippen molar-refractivity contribution in [3.63, 3.8) is 0 Å². The van der Waals surface area contributed by atoms with Crippen molar-refractivity contribution in [1.82, 2.24) is 15.1 Å². The molecule has 0 radical (unpaired) electrons. The van der Waals surface area contributed by atoms with E-state index in [9.17, 15) is 4.79 Å². The van der Waals surface area contributed by atoms with Crippen LogP contribution in [-0.2, 0) is 17.8 Å². The van der Waals surface area contributed by atoms with Crippen molar-refractivity contribution in [1.29, 1.82) is 0 Å². The number of carbonyl (C=O) groups excluding carboxylic acids is 1. The van der Waals surface area contributed by atoms with E-state index in [2.05, 4.69) is 16.5 Å². The summed E-state index contributed by atoms with van der Waals surface area (Å²) in [4.78, 5) is 12.1. The lowest BCUT2D eigenvalue weighted by Crippen LogP contribution is -2.33. The molecule has 1 aromatic heterocycles. The maximum atomic E-state index is 12.1. The van der Waals surface area contributed by atoms with Crippen LogP contribution in [0.5, 0.6) is 5.75 Å². The number of amides is 1. The van der Waals surface area contributed by atoms with Crippen LogP contribution < -0.4 is 15.8 Å². The van der Waals surface area contributed by atoms with E-state index in [0.29, 0.717) is 24.9 Å². The summed E-state index contributed by atoms with van der Waals surface area (Å²) in [6.07, 6.45) is 1.84. The van der Waals surface area contributed by atoms with Gasteiger partial charge in [0.05, 0.1) is 12.3 Å². The second kappa shape index (κ2) is 6.73. The summed E-state index contributed by atoms with van der Waals surface area (Å²) in [7, 11) is 0. The van der Waals surface area contributed by atoms with Gasteiger partial charge in [-0.1, -0.05) is 18.2 Å². The topological polar surface area (TPSA) is 82.2 Å². The molecule has 1 aromatic carbocycles. The second-order valence-electron chi connectivity index (χ2n) is 5.99. The molecular weight excluding hydrogens is 292 g/mol. The largest absolute Gasteiger partial charge is 0.493 e. The fraction of sp³-hybridized carbons (Fsp3) is 0.412. The summed E-state index contributed by atoms with van der Waals surface area (Å²) in [5.41, 5.74) is 7.82. The summed E-state index contributed by atoms with van der Waals surface area (Å²) in [5.74, 6) is 1.77. The van der Waals surface area contributed by atoms with Gasteiger partial charge in [-0.3, -0.25) is 4.79 Å². The first-order valence-corrected chi connectivity index (χ1v) is 7.89. The van der Waals surface area contributed by atoms with Crippen LogP contribution in [0.25, 0.3) is 0 Å². The minimum Gasteiger partial charge on any atom is -0.493 e. The third-order valence-corrected chi connectivity index (χ3v) is 4.08. The molecule has 23 heavy (non-hydrogen) atoms. The Labute approximate surface area is 135 Å². The Morgan fingerprint density at radius 1 is 1.48 bits per heavy atom. The van der Waals surface area contributed by atoms with E-state index >= 15 is 0 Å². The number of hydrogen-bond acceptors (Lipinski definition) is 4. The average Bonchev–Trinajstić information content (AvgIpc) is 2.73. The first-order chi connectivity index (χ1) is 11.1. The molecule has 0 spiro atoms. The number of nitrogens with zero attached hydrogens (tertiary/aromatic N) is 2. The van der Waals surface area contributed by atoms with Crippen molar-refractivity contribution >= 4 is 11.7 Å². The third kappa shape index (κ3) is 3.83. The first kappa shape index (κ1) is 15.4. The molecule has 1 atom stereocenters. The van der Waals surface area contributed by atoms with Crippen LogP contribution in [0.3, 0.4) is 0 Å². The predicted octanol–water partition coefficient (Wildman–Crippen LogP) is 1.53. The molecule has 0 aliphatic carbocycles. The Hall–Kier alpha value is -2.50. The quantitative estimate of drug-likeness (QED) is 0.896. The van der Waals surface area contributed by atoms with Gasteiger partial charge in [0.15, 0.2) is 0 Å². The van der Waals surface area contributed by atoms with Crippen molar-refractivity contribution in [2.45, 2.75) is 26.3 Å². The number of rotatable bonds is 4. The molecule has 1 aliphatic rings. The fourth-order valence-electron chi connectivity index (χ4n) is 2.88. The zero-order valence-corrected chi connectivity index (χ0v) is 13.3. The molecule has 0 saturated carbocycles. The lowest BCUT2D eigenvalue weighted by Gasteiger charge is -2.15. The number of anilines is 1. The number of ether oxygens (including phenoxy) is 1. The van der Waals surface area contributed by atoms with Crippen LogP contribution in [0.1, 0.15) is 17.7 Å². The van der Waals surface area contributed by atoms with Crippen molar-refractivity contribution in [2.24, 2.45) is 5.92 Å². The molecule has 0 bridgehead atoms. The standard InChI is InChI=1S/C17H22N4O2/c1-12-8-16(18)21(20-12)11-17(22)19-10-13-6-7-23-15-5-3-2-4-14(15)9-13/h2-5,8,13H,6-7,9-11,18H2,1H3,(H,19,22)/t13-/m0/s1. The normalized spacial score (nSPS) is 17.0. The van der Waals surface area contributed by atoms with Crippen LogP contribution in [0.4, 0.5) is 5.82 Å². The Morgan fingerprint density at radius 2 is 2.30 bits per heavy atom. The average molecular weight is 314 g/mol. The molecule has 3 N–H and O–H groups in total. The highest BCUT2D eigenvalue weighted by molar-refractivity contribution is 5.76. The molecule has 6 nitrogen and oxygen atoms in total. The lowest BCUT2D eigenvalue weighted by atomic mass is 9.97. The number of fused-ring (bicyclic) bond motifs is 1. The maximum Gasteiger partial charge on any atom is 0.241 e. The molecule has 1 aliphatic heterocycles. The number of nitrogens with two attached hydrogens (primary N) is 1. The number of hydrogen-bond donors (Lipinski definition) is 2. The van der Waals surface area contributed by atoms with Crippen molar-refractivity contribution in [3.8, 4) is 5.75 Å². The highest BCUT2D eigenvalue weighted by Crippen LogP contribution is 2.26. The van der Waals surface area contributed by atoms with Gasteiger partial charge in [-0.2, -0.15) is 5.10 Å². The lowest BCUT2D eigenvalue weighted by molar-refractivity contribution is -0.122. The first-order valence-electron chi connectivity index (χ1n) is 7.89. The molecule has 2 aromatic rings. The summed E-state index contributed by atoms with van der Waals surface area (Å²) < 4.78 is 7.28. The molecule has 122 valence electrons. The number of nitrogen functional groups attached to an aromatic ring is 1. The summed E-state index contributed by atoms with van der Waals surface area (Å²) in [5, 5.41) is 7.19. The predicted molar refractivity (Wildman–Crippen MR) is 88.1 cm³/mol. The van der Waals surface area contributed by atoms with E-state index in [0.717, 1.165) is 24.3 Å². The molecule has 2 heterocycles. The number of nitrogens with one attached hydrogen (secondary N) is 1. The van der Waals surface area contributed by atoms with Gasteiger partial charge in [0.25, 0.3) is 0 Å². The minimum atomic E-state index is -0.0711. The maximum absolute atomic E-state index is 12.1. The van der Waals surface area contributed by atoms with E-state index in [1.165, 1.54) is 10.2 Å².